The zero-order valence-electron chi connectivity index (χ0n) is 25.0. The number of alkyl halides is 1. The van der Waals surface area contributed by atoms with Crippen molar-refractivity contribution in [3.63, 3.8) is 0 Å². The fourth-order valence-corrected chi connectivity index (χ4v) is 5.03. The molecular weight excluding hydrogens is 624 g/mol. The summed E-state index contributed by atoms with van der Waals surface area (Å²) in [5, 5.41) is 11.4. The van der Waals surface area contributed by atoms with E-state index in [4.69, 9.17) is 10.5 Å². The van der Waals surface area contributed by atoms with Gasteiger partial charge in [-0.1, -0.05) is 41.9 Å². The molecule has 0 bridgehead atoms. The number of piperidine rings is 1. The van der Waals surface area contributed by atoms with E-state index < -0.39 is 35.8 Å². The summed E-state index contributed by atoms with van der Waals surface area (Å²) >= 11 is 3.40. The Morgan fingerprint density at radius 1 is 1.02 bits per heavy atom. The molecule has 1 aromatic carbocycles. The molecule has 0 aromatic heterocycles. The molecule has 6 N–H and O–H groups in total. The normalized spacial score (nSPS) is 14.8. The number of nitrogens with one attached hydrogen (secondary N) is 4. The SMILES string of the molecule is COC(=O)C1CCN(C(=O)CCC(=O)NC(=O)[C@@H](NC(=O)[C@H](CCCNC(N)=O)Nc2ccc(CBr)cc2)C(C)C)CC1. The standard InChI is InChI=1S/C29H43BrN6O7/c1-18(2)25(27(40)34-23(37)10-11-24(38)36-15-12-20(13-16-36)28(41)43-3)35-26(39)22(5-4-14-32-29(31)42)33-21-8-6-19(17-30)7-9-21/h6-9,18,20,22,25,33H,4-5,10-17H2,1-3H3,(H,35,39)(H3,31,32,42)(H,34,37,40)/t22-,25-/m0/s1. The molecule has 1 aliphatic heterocycles. The zero-order valence-corrected chi connectivity index (χ0v) is 26.5. The summed E-state index contributed by atoms with van der Waals surface area (Å²) in [5.74, 6) is -2.84. The van der Waals surface area contributed by atoms with Crippen molar-refractivity contribution in [3.05, 3.63) is 29.8 Å². The molecule has 0 spiro atoms. The topological polar surface area (TPSA) is 189 Å². The molecular formula is C29H43BrN6O7. The minimum absolute atomic E-state index is 0.0834. The molecule has 0 saturated carbocycles. The molecule has 0 radical (unpaired) electrons. The van der Waals surface area contributed by atoms with Crippen molar-refractivity contribution in [2.75, 3.05) is 32.1 Å². The number of ether oxygens (including phenoxy) is 1. The number of urea groups is 1. The summed E-state index contributed by atoms with van der Waals surface area (Å²) in [7, 11) is 1.34. The number of nitrogens with two attached hydrogens (primary N) is 1. The molecule has 1 saturated heterocycles. The van der Waals surface area contributed by atoms with Gasteiger partial charge in [0.15, 0.2) is 0 Å². The number of carbonyl (C=O) groups is 6. The fourth-order valence-electron chi connectivity index (χ4n) is 4.65. The highest BCUT2D eigenvalue weighted by molar-refractivity contribution is 9.08. The number of rotatable bonds is 15. The maximum Gasteiger partial charge on any atom is 0.312 e. The van der Waals surface area contributed by atoms with E-state index >= 15 is 0 Å². The van der Waals surface area contributed by atoms with Gasteiger partial charge in [-0.25, -0.2) is 4.79 Å². The number of carbonyl (C=O) groups excluding carboxylic acids is 6. The van der Waals surface area contributed by atoms with Crippen LogP contribution in [0, 0.1) is 11.8 Å². The van der Waals surface area contributed by atoms with Crippen LogP contribution in [0.15, 0.2) is 24.3 Å². The largest absolute Gasteiger partial charge is 0.469 e. The van der Waals surface area contributed by atoms with Gasteiger partial charge in [-0.15, -0.1) is 0 Å². The van der Waals surface area contributed by atoms with Crippen molar-refractivity contribution in [1.82, 2.24) is 20.9 Å². The molecule has 14 heteroatoms. The van der Waals surface area contributed by atoms with Crippen molar-refractivity contribution >= 4 is 57.2 Å². The number of amides is 6. The van der Waals surface area contributed by atoms with Crippen molar-refractivity contribution in [1.29, 1.82) is 0 Å². The van der Waals surface area contributed by atoms with Gasteiger partial charge in [-0.3, -0.25) is 29.3 Å². The number of anilines is 1. The van der Waals surface area contributed by atoms with Crippen molar-refractivity contribution < 1.29 is 33.5 Å². The summed E-state index contributed by atoms with van der Waals surface area (Å²) in [6, 6.07) is 5.09. The average molecular weight is 668 g/mol. The van der Waals surface area contributed by atoms with Gasteiger partial charge in [0, 0.05) is 43.5 Å². The van der Waals surface area contributed by atoms with Crippen LogP contribution in [-0.4, -0.2) is 79.4 Å². The van der Waals surface area contributed by atoms with E-state index in [1.165, 1.54) is 7.11 Å². The Morgan fingerprint density at radius 3 is 2.23 bits per heavy atom. The lowest BCUT2D eigenvalue weighted by Gasteiger charge is -2.30. The first kappa shape index (κ1) is 35.5. The first-order chi connectivity index (χ1) is 20.4. The Labute approximate surface area is 260 Å². The van der Waals surface area contributed by atoms with Gasteiger partial charge in [0.2, 0.25) is 23.6 Å². The number of primary amides is 1. The van der Waals surface area contributed by atoms with Gasteiger partial charge in [0.25, 0.3) is 0 Å². The van der Waals surface area contributed by atoms with E-state index in [0.717, 1.165) is 5.56 Å². The molecule has 0 unspecified atom stereocenters. The quantitative estimate of drug-likeness (QED) is 0.106. The average Bonchev–Trinajstić information content (AvgIpc) is 2.99. The minimum Gasteiger partial charge on any atom is -0.469 e. The summed E-state index contributed by atoms with van der Waals surface area (Å²) in [5.41, 5.74) is 6.89. The smallest absolute Gasteiger partial charge is 0.312 e. The number of imide groups is 1. The fraction of sp³-hybridized carbons (Fsp3) is 0.586. The second kappa shape index (κ2) is 18.1. The monoisotopic (exact) mass is 666 g/mol. The number of halogens is 1. The highest BCUT2D eigenvalue weighted by atomic mass is 79.9. The van der Waals surface area contributed by atoms with Crippen LogP contribution in [0.3, 0.4) is 0 Å². The van der Waals surface area contributed by atoms with Crippen LogP contribution in [-0.2, 0) is 34.0 Å². The van der Waals surface area contributed by atoms with E-state index in [-0.39, 0.29) is 43.1 Å². The van der Waals surface area contributed by atoms with E-state index in [9.17, 15) is 28.8 Å². The maximum atomic E-state index is 13.3. The number of hydrogen-bond donors (Lipinski definition) is 5. The van der Waals surface area contributed by atoms with E-state index in [1.54, 1.807) is 18.7 Å². The molecule has 1 aliphatic rings. The third-order valence-corrected chi connectivity index (χ3v) is 7.84. The molecule has 1 fully saturated rings. The van der Waals surface area contributed by atoms with Crippen LogP contribution in [0.2, 0.25) is 0 Å². The first-order valence-corrected chi connectivity index (χ1v) is 15.5. The third-order valence-electron chi connectivity index (χ3n) is 7.19. The van der Waals surface area contributed by atoms with Gasteiger partial charge in [-0.05, 0) is 49.3 Å². The lowest BCUT2D eigenvalue weighted by molar-refractivity contribution is -0.149. The Balaban J connectivity index is 1.94. The van der Waals surface area contributed by atoms with Crippen molar-refractivity contribution in [2.24, 2.45) is 17.6 Å². The molecule has 238 valence electrons. The zero-order chi connectivity index (χ0) is 31.9. The molecule has 1 heterocycles. The van der Waals surface area contributed by atoms with Gasteiger partial charge in [0.05, 0.1) is 13.0 Å². The van der Waals surface area contributed by atoms with Gasteiger partial charge < -0.3 is 31.3 Å². The van der Waals surface area contributed by atoms with E-state index in [2.05, 4.69) is 37.2 Å². The molecule has 1 aromatic rings. The number of methoxy groups -OCH3 is 1. The van der Waals surface area contributed by atoms with E-state index in [1.807, 2.05) is 24.3 Å². The predicted molar refractivity (Wildman–Crippen MR) is 164 cm³/mol. The molecule has 0 aliphatic carbocycles. The Bertz CT molecular complexity index is 1120. The molecule has 43 heavy (non-hydrogen) atoms. The van der Waals surface area contributed by atoms with Crippen LogP contribution >= 0.6 is 15.9 Å². The summed E-state index contributed by atoms with van der Waals surface area (Å²) < 4.78 is 4.76. The molecule has 2 atom stereocenters. The predicted octanol–water partition coefficient (Wildman–Crippen LogP) is 1.79. The summed E-state index contributed by atoms with van der Waals surface area (Å²) in [4.78, 5) is 75.8. The van der Waals surface area contributed by atoms with E-state index in [0.29, 0.717) is 49.8 Å². The molecule has 6 amide bonds. The minimum atomic E-state index is -1.01. The Hall–Kier alpha value is -3.68. The lowest BCUT2D eigenvalue weighted by atomic mass is 9.97. The first-order valence-electron chi connectivity index (χ1n) is 14.4. The third kappa shape index (κ3) is 12.2. The van der Waals surface area contributed by atoms with Gasteiger partial charge in [0.1, 0.15) is 12.1 Å². The highest BCUT2D eigenvalue weighted by Crippen LogP contribution is 2.19. The number of nitrogens with zero attached hydrogens (tertiary/aromatic N) is 1. The van der Waals surface area contributed by atoms with Crippen molar-refractivity contribution in [3.8, 4) is 0 Å². The Morgan fingerprint density at radius 2 is 1.67 bits per heavy atom. The number of esters is 1. The van der Waals surface area contributed by atoms with Crippen LogP contribution in [0.25, 0.3) is 0 Å². The van der Waals surface area contributed by atoms with Crippen LogP contribution < -0.4 is 27.0 Å². The molecule has 13 nitrogen and oxygen atoms in total. The summed E-state index contributed by atoms with van der Waals surface area (Å²) in [6.45, 7) is 4.56. The second-order valence-electron chi connectivity index (χ2n) is 10.8. The van der Waals surface area contributed by atoms with Crippen LogP contribution in [0.5, 0.6) is 0 Å². The number of likely N-dealkylation sites (tertiary alicyclic amines) is 1. The number of hydrogen-bond acceptors (Lipinski definition) is 8. The van der Waals surface area contributed by atoms with Crippen LogP contribution in [0.1, 0.15) is 57.9 Å². The van der Waals surface area contributed by atoms with Crippen LogP contribution in [0.4, 0.5) is 10.5 Å². The highest BCUT2D eigenvalue weighted by Gasteiger charge is 2.30. The number of benzene rings is 1. The Kier molecular flexibility index (Phi) is 14.9. The van der Waals surface area contributed by atoms with Gasteiger partial charge in [-0.2, -0.15) is 0 Å². The lowest BCUT2D eigenvalue weighted by Crippen LogP contribution is -2.54. The van der Waals surface area contributed by atoms with Crippen molar-refractivity contribution in [2.45, 2.75) is 69.8 Å². The maximum absolute atomic E-state index is 13.3. The summed E-state index contributed by atoms with van der Waals surface area (Å²) in [6.07, 6.45) is 1.49. The van der Waals surface area contributed by atoms with Gasteiger partial charge >= 0.3 is 12.0 Å². The molecule has 2 rings (SSSR count). The second-order valence-corrected chi connectivity index (χ2v) is 11.3.